The molecule has 2 aromatic rings. The number of methoxy groups -OCH3 is 1. The Balaban J connectivity index is 2.14. The lowest BCUT2D eigenvalue weighted by atomic mass is 9.95. The molecule has 1 aliphatic heterocycles. The van der Waals surface area contributed by atoms with E-state index in [2.05, 4.69) is 0 Å². The number of nitrogens with zero attached hydrogens (tertiary/aromatic N) is 1. The number of benzene rings is 2. The van der Waals surface area contributed by atoms with Crippen LogP contribution >= 0.6 is 11.6 Å². The van der Waals surface area contributed by atoms with Crippen LogP contribution in [0.25, 0.3) is 5.76 Å². The lowest BCUT2D eigenvalue weighted by molar-refractivity contribution is -0.140. The Hall–Kier alpha value is -2.70. The van der Waals surface area contributed by atoms with Crippen molar-refractivity contribution in [3.8, 4) is 0 Å². The number of hydrogen-bond donors (Lipinski definition) is 1. The van der Waals surface area contributed by atoms with Crippen molar-refractivity contribution in [1.82, 2.24) is 4.90 Å². The predicted octanol–water partition coefficient (Wildman–Crippen LogP) is 3.55. The summed E-state index contributed by atoms with van der Waals surface area (Å²) in [5.41, 5.74) is 0.823. The first kappa shape index (κ1) is 19.1. The fourth-order valence-corrected chi connectivity index (χ4v) is 3.18. The lowest BCUT2D eigenvalue weighted by Gasteiger charge is -2.25. The van der Waals surface area contributed by atoms with Crippen molar-refractivity contribution in [2.45, 2.75) is 6.04 Å². The second kappa shape index (κ2) is 7.90. The van der Waals surface area contributed by atoms with Gasteiger partial charge in [0.25, 0.3) is 11.7 Å². The number of ether oxygens (including phenoxy) is 1. The summed E-state index contributed by atoms with van der Waals surface area (Å²) in [5, 5.41) is 11.2. The predicted molar refractivity (Wildman–Crippen MR) is 98.7 cm³/mol. The van der Waals surface area contributed by atoms with Crippen molar-refractivity contribution < 1.29 is 23.8 Å². The Morgan fingerprint density at radius 2 is 1.78 bits per heavy atom. The van der Waals surface area contributed by atoms with E-state index in [9.17, 15) is 19.1 Å². The van der Waals surface area contributed by atoms with Crippen molar-refractivity contribution in [2.24, 2.45) is 0 Å². The van der Waals surface area contributed by atoms with Gasteiger partial charge in [0.1, 0.15) is 11.6 Å². The summed E-state index contributed by atoms with van der Waals surface area (Å²) < 4.78 is 18.4. The molecule has 140 valence electrons. The highest BCUT2D eigenvalue weighted by Gasteiger charge is 2.45. The number of ketones is 1. The van der Waals surface area contributed by atoms with Crippen LogP contribution < -0.4 is 0 Å². The monoisotopic (exact) mass is 389 g/mol. The number of amides is 1. The lowest BCUT2D eigenvalue weighted by Crippen LogP contribution is -2.32. The Labute approximate surface area is 160 Å². The van der Waals surface area contributed by atoms with Gasteiger partial charge < -0.3 is 14.7 Å². The van der Waals surface area contributed by atoms with Crippen LogP contribution in [0.3, 0.4) is 0 Å². The molecule has 0 aromatic heterocycles. The summed E-state index contributed by atoms with van der Waals surface area (Å²) in [5.74, 6) is -2.28. The maximum atomic E-state index is 13.3. The maximum absolute atomic E-state index is 13.3. The molecule has 1 N–H and O–H groups in total. The molecule has 1 fully saturated rings. The molecule has 1 heterocycles. The van der Waals surface area contributed by atoms with E-state index < -0.39 is 23.5 Å². The molecule has 0 spiro atoms. The molecule has 0 unspecified atom stereocenters. The Kier molecular flexibility index (Phi) is 5.58. The van der Waals surface area contributed by atoms with Gasteiger partial charge in [-0.15, -0.1) is 0 Å². The number of likely N-dealkylation sites (tertiary alicyclic amines) is 1. The van der Waals surface area contributed by atoms with Gasteiger partial charge in [0.05, 0.1) is 18.2 Å². The molecule has 5 nitrogen and oxygen atoms in total. The van der Waals surface area contributed by atoms with Gasteiger partial charge in [-0.05, 0) is 42.0 Å². The summed E-state index contributed by atoms with van der Waals surface area (Å²) >= 11 is 5.87. The van der Waals surface area contributed by atoms with E-state index in [1.807, 2.05) is 0 Å². The summed E-state index contributed by atoms with van der Waals surface area (Å²) in [7, 11) is 1.48. The highest BCUT2D eigenvalue weighted by atomic mass is 35.5. The first-order chi connectivity index (χ1) is 12.9. The molecular formula is C20H17ClFNO4. The molecule has 0 bridgehead atoms. The molecule has 0 saturated carbocycles. The zero-order chi connectivity index (χ0) is 19.6. The van der Waals surface area contributed by atoms with Gasteiger partial charge >= 0.3 is 0 Å². The van der Waals surface area contributed by atoms with E-state index in [0.29, 0.717) is 16.1 Å². The van der Waals surface area contributed by atoms with Crippen molar-refractivity contribution >= 4 is 29.1 Å². The first-order valence-electron chi connectivity index (χ1n) is 8.22. The van der Waals surface area contributed by atoms with E-state index in [0.717, 1.165) is 0 Å². The number of aliphatic hydroxyl groups excluding tert-OH is 1. The molecule has 1 atom stereocenters. The van der Waals surface area contributed by atoms with Crippen LogP contribution in [-0.2, 0) is 14.3 Å². The highest BCUT2D eigenvalue weighted by molar-refractivity contribution is 6.46. The van der Waals surface area contributed by atoms with E-state index >= 15 is 0 Å². The Bertz CT molecular complexity index is 893. The summed E-state index contributed by atoms with van der Waals surface area (Å²) in [6.45, 7) is 0.367. The Morgan fingerprint density at radius 3 is 2.37 bits per heavy atom. The zero-order valence-electron chi connectivity index (χ0n) is 14.5. The van der Waals surface area contributed by atoms with Crippen LogP contribution in [0.2, 0.25) is 5.02 Å². The first-order valence-corrected chi connectivity index (χ1v) is 8.60. The molecule has 1 saturated heterocycles. The third-order valence-electron chi connectivity index (χ3n) is 4.38. The average molecular weight is 390 g/mol. The number of carbonyl (C=O) groups is 2. The van der Waals surface area contributed by atoms with Crippen molar-refractivity contribution in [2.75, 3.05) is 20.3 Å². The van der Waals surface area contributed by atoms with E-state index in [4.69, 9.17) is 16.3 Å². The van der Waals surface area contributed by atoms with Crippen molar-refractivity contribution in [3.63, 3.8) is 0 Å². The average Bonchev–Trinajstić information content (AvgIpc) is 2.91. The standard InChI is InChI=1S/C20H17ClFNO4/c1-27-11-10-23-17(12-4-8-15(22)9-5-12)16(19(25)20(23)26)18(24)13-2-6-14(21)7-3-13/h2-9,17,24H,10-11H2,1H3/t17-/m1/s1. The van der Waals surface area contributed by atoms with Crippen LogP contribution in [-0.4, -0.2) is 42.0 Å². The third kappa shape index (κ3) is 3.72. The van der Waals surface area contributed by atoms with Crippen LogP contribution in [0.4, 0.5) is 4.39 Å². The number of aliphatic hydroxyl groups is 1. The van der Waals surface area contributed by atoms with Crippen LogP contribution in [0.1, 0.15) is 17.2 Å². The third-order valence-corrected chi connectivity index (χ3v) is 4.63. The van der Waals surface area contributed by atoms with Gasteiger partial charge in [-0.25, -0.2) is 4.39 Å². The van der Waals surface area contributed by atoms with Gasteiger partial charge in [0, 0.05) is 24.2 Å². The van der Waals surface area contributed by atoms with E-state index in [1.54, 1.807) is 24.3 Å². The number of rotatable bonds is 5. The van der Waals surface area contributed by atoms with Gasteiger partial charge in [-0.3, -0.25) is 9.59 Å². The molecule has 0 aliphatic carbocycles. The van der Waals surface area contributed by atoms with E-state index in [-0.39, 0.29) is 24.5 Å². The van der Waals surface area contributed by atoms with E-state index in [1.165, 1.54) is 36.3 Å². The smallest absolute Gasteiger partial charge is 0.295 e. The molecule has 1 aliphatic rings. The number of halogens is 2. The molecule has 0 radical (unpaired) electrons. The van der Waals surface area contributed by atoms with Crippen LogP contribution in [0.15, 0.2) is 54.1 Å². The normalized spacial score (nSPS) is 18.9. The topological polar surface area (TPSA) is 66.8 Å². The quantitative estimate of drug-likeness (QED) is 0.482. The number of hydrogen-bond acceptors (Lipinski definition) is 4. The molecule has 1 amide bonds. The fourth-order valence-electron chi connectivity index (χ4n) is 3.06. The molecule has 27 heavy (non-hydrogen) atoms. The fraction of sp³-hybridized carbons (Fsp3) is 0.200. The molecular weight excluding hydrogens is 373 g/mol. The van der Waals surface area contributed by atoms with Crippen molar-refractivity contribution in [3.05, 3.63) is 76.1 Å². The molecule has 3 rings (SSSR count). The van der Waals surface area contributed by atoms with Gasteiger partial charge in [0.15, 0.2) is 0 Å². The summed E-state index contributed by atoms with van der Waals surface area (Å²) in [6.07, 6.45) is 0. The minimum absolute atomic E-state index is 0.0509. The summed E-state index contributed by atoms with van der Waals surface area (Å²) in [6, 6.07) is 10.9. The minimum Gasteiger partial charge on any atom is -0.507 e. The highest BCUT2D eigenvalue weighted by Crippen LogP contribution is 2.39. The SMILES string of the molecule is COCCN1C(=O)C(=O)C(=C(O)c2ccc(Cl)cc2)[C@H]1c1ccc(F)cc1. The Morgan fingerprint density at radius 1 is 1.15 bits per heavy atom. The van der Waals surface area contributed by atoms with Gasteiger partial charge in [0.2, 0.25) is 0 Å². The van der Waals surface area contributed by atoms with Crippen LogP contribution in [0.5, 0.6) is 0 Å². The minimum atomic E-state index is -0.837. The zero-order valence-corrected chi connectivity index (χ0v) is 15.2. The maximum Gasteiger partial charge on any atom is 0.295 e. The largest absolute Gasteiger partial charge is 0.507 e. The second-order valence-corrected chi connectivity index (χ2v) is 6.48. The molecule has 2 aromatic carbocycles. The summed E-state index contributed by atoms with van der Waals surface area (Å²) in [4.78, 5) is 26.5. The van der Waals surface area contributed by atoms with Gasteiger partial charge in [-0.1, -0.05) is 23.7 Å². The second-order valence-electron chi connectivity index (χ2n) is 6.04. The van der Waals surface area contributed by atoms with Crippen LogP contribution in [0, 0.1) is 5.82 Å². The number of Topliss-reactive ketones (excluding diaryl/α,β-unsaturated/α-hetero) is 1. The van der Waals surface area contributed by atoms with Gasteiger partial charge in [-0.2, -0.15) is 0 Å². The van der Waals surface area contributed by atoms with Crippen molar-refractivity contribution in [1.29, 1.82) is 0 Å². The molecule has 7 heteroatoms. The number of carbonyl (C=O) groups excluding carboxylic acids is 2.